The van der Waals surface area contributed by atoms with Crippen molar-refractivity contribution in [2.24, 2.45) is 5.92 Å². The van der Waals surface area contributed by atoms with Gasteiger partial charge in [0.1, 0.15) is 0 Å². The molecule has 0 spiro atoms. The third-order valence-electron chi connectivity index (χ3n) is 11.6. The molecular formula is C46H65ClN2O5. The van der Waals surface area contributed by atoms with E-state index >= 15 is 0 Å². The first-order valence-electron chi connectivity index (χ1n) is 20.9. The van der Waals surface area contributed by atoms with Crippen molar-refractivity contribution in [2.45, 2.75) is 147 Å². The number of amides is 1. The number of benzene rings is 3. The lowest BCUT2D eigenvalue weighted by Crippen LogP contribution is -2.49. The van der Waals surface area contributed by atoms with Crippen molar-refractivity contribution in [1.82, 2.24) is 4.90 Å². The molecule has 54 heavy (non-hydrogen) atoms. The summed E-state index contributed by atoms with van der Waals surface area (Å²) in [5.74, 6) is 0.0826. The van der Waals surface area contributed by atoms with Crippen LogP contribution in [0.4, 0.5) is 5.69 Å². The Hall–Kier alpha value is -2.78. The number of hydrogen-bond acceptors (Lipinski definition) is 6. The average molecular weight is 761 g/mol. The fraction of sp³-hybridized carbons (Fsp3) is 0.587. The van der Waals surface area contributed by atoms with Crippen molar-refractivity contribution in [3.05, 3.63) is 100 Å². The van der Waals surface area contributed by atoms with Gasteiger partial charge in [0.15, 0.2) is 6.29 Å². The summed E-state index contributed by atoms with van der Waals surface area (Å²) in [7, 11) is 0. The van der Waals surface area contributed by atoms with Crippen LogP contribution in [0, 0.1) is 5.92 Å². The Morgan fingerprint density at radius 2 is 1.43 bits per heavy atom. The van der Waals surface area contributed by atoms with Gasteiger partial charge in [-0.2, -0.15) is 0 Å². The molecule has 0 bridgehead atoms. The van der Waals surface area contributed by atoms with Crippen molar-refractivity contribution in [3.63, 3.8) is 0 Å². The van der Waals surface area contributed by atoms with Gasteiger partial charge >= 0.3 is 0 Å². The minimum absolute atomic E-state index is 0.00901. The summed E-state index contributed by atoms with van der Waals surface area (Å²) in [6.07, 6.45) is 17.5. The predicted octanol–water partition coefficient (Wildman–Crippen LogP) is 11.0. The predicted molar refractivity (Wildman–Crippen MR) is 219 cm³/mol. The third kappa shape index (κ3) is 12.9. The maximum atomic E-state index is 12.9. The summed E-state index contributed by atoms with van der Waals surface area (Å²) in [6.45, 7) is 6.63. The Labute approximate surface area is 329 Å². The van der Waals surface area contributed by atoms with Gasteiger partial charge in [0.2, 0.25) is 5.91 Å². The molecule has 3 aromatic rings. The van der Waals surface area contributed by atoms with Crippen LogP contribution in [0.15, 0.2) is 72.8 Å². The van der Waals surface area contributed by atoms with Gasteiger partial charge in [0.05, 0.1) is 24.4 Å². The number of unbranched alkanes of at least 4 members (excludes halogenated alkanes) is 12. The van der Waals surface area contributed by atoms with Crippen LogP contribution in [-0.4, -0.2) is 46.8 Å². The molecule has 0 saturated carbocycles. The SMILES string of the molecule is CCCCCCCCCCCCCCCC(=O)Nc1cccc(C2OC(CN3CCC(O)(c4ccc(Cl)cc4)CC3)C(C)C(c3ccc(CO)cc3)O2)c1. The van der Waals surface area contributed by atoms with E-state index in [4.69, 9.17) is 21.1 Å². The molecular weight excluding hydrogens is 696 g/mol. The molecule has 5 rings (SSSR count). The van der Waals surface area contributed by atoms with Crippen LogP contribution in [0.25, 0.3) is 0 Å². The number of carbonyl (C=O) groups excluding carboxylic acids is 1. The number of ether oxygens (including phenoxy) is 2. The van der Waals surface area contributed by atoms with E-state index < -0.39 is 11.9 Å². The van der Waals surface area contributed by atoms with Crippen molar-refractivity contribution >= 4 is 23.2 Å². The number of nitrogens with one attached hydrogen (secondary N) is 1. The highest BCUT2D eigenvalue weighted by Gasteiger charge is 2.41. The Bertz CT molecular complexity index is 1520. The van der Waals surface area contributed by atoms with Gasteiger partial charge in [-0.05, 0) is 60.2 Å². The molecule has 3 N–H and O–H groups in total. The highest BCUT2D eigenvalue weighted by Crippen LogP contribution is 2.43. The topological polar surface area (TPSA) is 91.3 Å². The van der Waals surface area contributed by atoms with Gasteiger partial charge in [-0.15, -0.1) is 0 Å². The fourth-order valence-corrected chi connectivity index (χ4v) is 8.15. The molecule has 2 heterocycles. The van der Waals surface area contributed by atoms with Gasteiger partial charge in [0.25, 0.3) is 0 Å². The van der Waals surface area contributed by atoms with Crippen LogP contribution in [-0.2, 0) is 26.5 Å². The van der Waals surface area contributed by atoms with Gasteiger partial charge < -0.3 is 29.9 Å². The maximum absolute atomic E-state index is 12.9. The second-order valence-corrected chi connectivity index (χ2v) is 16.3. The molecule has 296 valence electrons. The summed E-state index contributed by atoms with van der Waals surface area (Å²) in [5.41, 5.74) is 3.53. The number of likely N-dealkylation sites (tertiary alicyclic amines) is 1. The average Bonchev–Trinajstić information content (AvgIpc) is 3.18. The summed E-state index contributed by atoms with van der Waals surface area (Å²) >= 11 is 6.11. The summed E-state index contributed by atoms with van der Waals surface area (Å²) in [4.78, 5) is 15.3. The number of nitrogens with zero attached hydrogens (tertiary/aromatic N) is 1. The molecule has 2 aliphatic rings. The molecule has 8 heteroatoms. The van der Waals surface area contributed by atoms with Crippen LogP contribution in [0.1, 0.15) is 151 Å². The molecule has 3 aromatic carbocycles. The molecule has 2 fully saturated rings. The first-order chi connectivity index (χ1) is 26.3. The molecule has 0 aliphatic carbocycles. The molecule has 2 saturated heterocycles. The minimum Gasteiger partial charge on any atom is -0.392 e. The lowest BCUT2D eigenvalue weighted by molar-refractivity contribution is -0.277. The molecule has 0 aromatic heterocycles. The van der Waals surface area contributed by atoms with Crippen LogP contribution < -0.4 is 5.32 Å². The largest absolute Gasteiger partial charge is 0.392 e. The fourth-order valence-electron chi connectivity index (χ4n) is 8.03. The van der Waals surface area contributed by atoms with E-state index in [0.29, 0.717) is 30.8 Å². The van der Waals surface area contributed by atoms with E-state index in [-0.39, 0.29) is 30.6 Å². The van der Waals surface area contributed by atoms with Crippen LogP contribution in [0.2, 0.25) is 5.02 Å². The van der Waals surface area contributed by atoms with Crippen LogP contribution in [0.5, 0.6) is 0 Å². The Kier molecular flexibility index (Phi) is 17.3. The normalized spacial score (nSPS) is 21.6. The summed E-state index contributed by atoms with van der Waals surface area (Å²) in [6, 6.07) is 23.3. The minimum atomic E-state index is -0.875. The number of aliphatic hydroxyl groups is 2. The maximum Gasteiger partial charge on any atom is 0.224 e. The highest BCUT2D eigenvalue weighted by molar-refractivity contribution is 6.30. The van der Waals surface area contributed by atoms with Crippen LogP contribution >= 0.6 is 11.6 Å². The van der Waals surface area contributed by atoms with E-state index in [1.54, 1.807) is 0 Å². The molecule has 1 amide bonds. The highest BCUT2D eigenvalue weighted by atomic mass is 35.5. The summed E-state index contributed by atoms with van der Waals surface area (Å²) in [5, 5.41) is 24.9. The number of anilines is 1. The Morgan fingerprint density at radius 1 is 0.815 bits per heavy atom. The van der Waals surface area contributed by atoms with Gasteiger partial charge in [-0.1, -0.05) is 151 Å². The van der Waals surface area contributed by atoms with E-state index in [1.807, 2.05) is 72.8 Å². The van der Waals surface area contributed by atoms with Crippen LogP contribution in [0.3, 0.4) is 0 Å². The van der Waals surface area contributed by atoms with Crippen molar-refractivity contribution in [2.75, 3.05) is 25.0 Å². The second kappa shape index (κ2) is 22.1. The second-order valence-electron chi connectivity index (χ2n) is 15.8. The standard InChI is InChI=1S/C46H65ClN2O5/c1-3-4-5-6-7-8-9-10-11-12-13-14-15-19-43(51)48-41-18-16-17-38(32-41)45-53-42(35(2)44(54-45)37-22-20-36(34-50)21-23-37)33-49-30-28-46(52,29-31-49)39-24-26-40(47)27-25-39/h16-18,20-27,32,35,42,44-45,50,52H,3-15,19,28-31,33-34H2,1-2H3,(H,48,51). The van der Waals surface area contributed by atoms with E-state index in [2.05, 4.69) is 24.1 Å². The van der Waals surface area contributed by atoms with Crippen molar-refractivity contribution in [1.29, 1.82) is 0 Å². The van der Waals surface area contributed by atoms with Gasteiger partial charge in [-0.25, -0.2) is 0 Å². The molecule has 7 nitrogen and oxygen atoms in total. The number of hydrogen-bond donors (Lipinski definition) is 3. The smallest absolute Gasteiger partial charge is 0.224 e. The number of carbonyl (C=O) groups is 1. The number of piperidine rings is 1. The van der Waals surface area contributed by atoms with Gasteiger partial charge in [-0.3, -0.25) is 4.79 Å². The molecule has 4 atom stereocenters. The number of halogens is 1. The van der Waals surface area contributed by atoms with E-state index in [1.165, 1.54) is 70.6 Å². The quantitative estimate of drug-likeness (QED) is 0.0937. The molecule has 4 unspecified atom stereocenters. The third-order valence-corrected chi connectivity index (χ3v) is 11.8. The van der Waals surface area contributed by atoms with Crippen molar-refractivity contribution < 1.29 is 24.5 Å². The van der Waals surface area contributed by atoms with E-state index in [9.17, 15) is 15.0 Å². The zero-order valence-corrected chi connectivity index (χ0v) is 33.6. The van der Waals surface area contributed by atoms with Gasteiger partial charge in [0, 0.05) is 48.2 Å². The zero-order valence-electron chi connectivity index (χ0n) is 32.8. The Morgan fingerprint density at radius 3 is 2.04 bits per heavy atom. The zero-order chi connectivity index (χ0) is 38.2. The Balaban J connectivity index is 1.13. The number of rotatable bonds is 21. The van der Waals surface area contributed by atoms with Crippen molar-refractivity contribution in [3.8, 4) is 0 Å². The lowest BCUT2D eigenvalue weighted by Gasteiger charge is -2.45. The number of aliphatic hydroxyl groups excluding tert-OH is 1. The van der Waals surface area contributed by atoms with E-state index in [0.717, 1.165) is 53.9 Å². The molecule has 2 aliphatic heterocycles. The first-order valence-corrected chi connectivity index (χ1v) is 21.3. The first kappa shape index (κ1) is 42.4. The summed E-state index contributed by atoms with van der Waals surface area (Å²) < 4.78 is 13.5. The monoisotopic (exact) mass is 760 g/mol. The lowest BCUT2D eigenvalue weighted by atomic mass is 9.84. The molecule has 0 radical (unpaired) electrons.